The number of fused-ring (bicyclic) bond motifs is 1. The minimum absolute atomic E-state index is 0.337. The van der Waals surface area contributed by atoms with Crippen molar-refractivity contribution in [2.45, 2.75) is 19.8 Å². The summed E-state index contributed by atoms with van der Waals surface area (Å²) in [5.74, 6) is 0.337. The van der Waals surface area contributed by atoms with E-state index in [4.69, 9.17) is 0 Å². The predicted molar refractivity (Wildman–Crippen MR) is 88.3 cm³/mol. The summed E-state index contributed by atoms with van der Waals surface area (Å²) in [7, 11) is 0. The lowest BCUT2D eigenvalue weighted by molar-refractivity contribution is 0.816. The van der Waals surface area contributed by atoms with E-state index >= 15 is 0 Å². The summed E-state index contributed by atoms with van der Waals surface area (Å²) in [5, 5.41) is 8.46. The molecule has 6 nitrogen and oxygen atoms in total. The maximum atomic E-state index is 4.50. The molecule has 1 N–H and O–H groups in total. The van der Waals surface area contributed by atoms with E-state index in [1.165, 1.54) is 0 Å². The number of imidazole rings is 1. The molecule has 4 aromatic rings. The van der Waals surface area contributed by atoms with Crippen LogP contribution < -0.4 is 0 Å². The maximum Gasteiger partial charge on any atom is 0.183 e. The summed E-state index contributed by atoms with van der Waals surface area (Å²) in [5.41, 5.74) is 4.71. The largest absolute Gasteiger partial charge is 0.305 e. The highest BCUT2D eigenvalue weighted by molar-refractivity contribution is 5.87. The highest BCUT2D eigenvalue weighted by Gasteiger charge is 2.15. The Morgan fingerprint density at radius 1 is 1.13 bits per heavy atom. The molecule has 0 fully saturated rings. The molecule has 0 bridgehead atoms. The first-order valence-electron chi connectivity index (χ1n) is 7.52. The average molecular weight is 304 g/mol. The zero-order chi connectivity index (χ0) is 15.8. The second-order valence-electron chi connectivity index (χ2n) is 5.73. The van der Waals surface area contributed by atoms with Crippen molar-refractivity contribution in [3.8, 4) is 16.9 Å². The Bertz CT molecular complexity index is 952. The minimum atomic E-state index is 0.337. The molecule has 0 atom stereocenters. The molecule has 23 heavy (non-hydrogen) atoms. The molecule has 0 saturated heterocycles. The maximum absolute atomic E-state index is 4.50. The van der Waals surface area contributed by atoms with Crippen molar-refractivity contribution >= 4 is 11.0 Å². The van der Waals surface area contributed by atoms with Crippen LogP contribution >= 0.6 is 0 Å². The number of rotatable bonds is 3. The fraction of sp³-hybridized carbons (Fsp3) is 0.176. The fourth-order valence-corrected chi connectivity index (χ4v) is 2.70. The van der Waals surface area contributed by atoms with Gasteiger partial charge in [-0.2, -0.15) is 5.10 Å². The molecule has 0 aliphatic rings. The Labute approximate surface area is 133 Å². The summed E-state index contributed by atoms with van der Waals surface area (Å²) >= 11 is 0. The Hall–Kier alpha value is -3.02. The molecular formula is C17H16N6. The first-order chi connectivity index (χ1) is 11.2. The van der Waals surface area contributed by atoms with Gasteiger partial charge >= 0.3 is 0 Å². The van der Waals surface area contributed by atoms with Gasteiger partial charge in [-0.25, -0.2) is 9.97 Å². The summed E-state index contributed by atoms with van der Waals surface area (Å²) in [6, 6.07) is 5.89. The van der Waals surface area contributed by atoms with Gasteiger partial charge < -0.3 is 4.57 Å². The average Bonchev–Trinajstić information content (AvgIpc) is 3.22. The highest BCUT2D eigenvalue weighted by Crippen LogP contribution is 2.28. The van der Waals surface area contributed by atoms with Gasteiger partial charge in [0.2, 0.25) is 0 Å². The number of nitrogens with one attached hydrogen (secondary N) is 1. The van der Waals surface area contributed by atoms with Gasteiger partial charge in [-0.3, -0.25) is 10.1 Å². The quantitative estimate of drug-likeness (QED) is 0.630. The van der Waals surface area contributed by atoms with E-state index in [0.29, 0.717) is 5.92 Å². The van der Waals surface area contributed by atoms with Crippen molar-refractivity contribution in [3.05, 3.63) is 55.0 Å². The molecule has 0 aromatic carbocycles. The number of aromatic amines is 1. The van der Waals surface area contributed by atoms with Crippen LogP contribution in [0.25, 0.3) is 28.0 Å². The third-order valence-electron chi connectivity index (χ3n) is 3.86. The van der Waals surface area contributed by atoms with E-state index < -0.39 is 0 Å². The molecule has 4 rings (SSSR count). The number of H-pyrrole nitrogens is 1. The first-order valence-corrected chi connectivity index (χ1v) is 7.52. The summed E-state index contributed by atoms with van der Waals surface area (Å²) < 4.78 is 2.01. The van der Waals surface area contributed by atoms with Crippen LogP contribution in [0.1, 0.15) is 25.5 Å². The van der Waals surface area contributed by atoms with Gasteiger partial charge in [-0.05, 0) is 24.1 Å². The molecule has 0 spiro atoms. The van der Waals surface area contributed by atoms with E-state index in [2.05, 4.69) is 39.0 Å². The van der Waals surface area contributed by atoms with Crippen molar-refractivity contribution in [1.82, 2.24) is 29.7 Å². The monoisotopic (exact) mass is 304 g/mol. The Morgan fingerprint density at radius 2 is 2.04 bits per heavy atom. The topological polar surface area (TPSA) is 72.3 Å². The normalized spacial score (nSPS) is 11.4. The molecule has 0 radical (unpaired) electrons. The lowest BCUT2D eigenvalue weighted by atomic mass is 10.1. The van der Waals surface area contributed by atoms with Crippen molar-refractivity contribution in [2.75, 3.05) is 0 Å². The van der Waals surface area contributed by atoms with Crippen LogP contribution in [-0.4, -0.2) is 29.7 Å². The van der Waals surface area contributed by atoms with Crippen LogP contribution in [0.4, 0.5) is 0 Å². The molecule has 6 heteroatoms. The van der Waals surface area contributed by atoms with E-state index in [-0.39, 0.29) is 0 Å². The number of aromatic nitrogens is 6. The van der Waals surface area contributed by atoms with Crippen LogP contribution in [0.5, 0.6) is 0 Å². The lowest BCUT2D eigenvalue weighted by Crippen LogP contribution is -1.95. The van der Waals surface area contributed by atoms with Gasteiger partial charge in [-0.1, -0.05) is 13.8 Å². The van der Waals surface area contributed by atoms with E-state index in [1.54, 1.807) is 12.4 Å². The van der Waals surface area contributed by atoms with Crippen molar-refractivity contribution in [2.24, 2.45) is 0 Å². The van der Waals surface area contributed by atoms with Gasteiger partial charge in [0.15, 0.2) is 5.65 Å². The zero-order valence-electron chi connectivity index (χ0n) is 12.9. The van der Waals surface area contributed by atoms with Gasteiger partial charge in [-0.15, -0.1) is 0 Å². The van der Waals surface area contributed by atoms with Crippen molar-refractivity contribution in [1.29, 1.82) is 0 Å². The fourth-order valence-electron chi connectivity index (χ4n) is 2.70. The van der Waals surface area contributed by atoms with Gasteiger partial charge in [0.05, 0.1) is 23.1 Å². The molecular weight excluding hydrogens is 288 g/mol. The molecule has 4 heterocycles. The van der Waals surface area contributed by atoms with Crippen molar-refractivity contribution in [3.63, 3.8) is 0 Å². The molecule has 0 unspecified atom stereocenters. The van der Waals surface area contributed by atoms with Crippen molar-refractivity contribution < 1.29 is 0 Å². The van der Waals surface area contributed by atoms with E-state index in [0.717, 1.165) is 33.7 Å². The summed E-state index contributed by atoms with van der Waals surface area (Å²) in [6.45, 7) is 4.28. The minimum Gasteiger partial charge on any atom is -0.305 e. The standard InChI is InChI=1S/C17H16N6/c1-11(2)16-15-14(5-7-19-17(15)22-21-16)23-9-13(20-10-23)12-4-3-6-18-8-12/h3-11H,1-2H3,(H,19,21,22). The number of nitrogens with zero attached hydrogens (tertiary/aromatic N) is 5. The molecule has 0 saturated carbocycles. The molecule has 0 aliphatic heterocycles. The van der Waals surface area contributed by atoms with Crippen LogP contribution in [0, 0.1) is 0 Å². The smallest absolute Gasteiger partial charge is 0.183 e. The Kier molecular flexibility index (Phi) is 3.15. The van der Waals surface area contributed by atoms with Gasteiger partial charge in [0, 0.05) is 36.0 Å². The SMILES string of the molecule is CC(C)c1[nH]nc2nccc(-n3cnc(-c4cccnc4)c3)c12. The third-order valence-corrected chi connectivity index (χ3v) is 3.86. The lowest BCUT2D eigenvalue weighted by Gasteiger charge is -2.07. The van der Waals surface area contributed by atoms with Crippen LogP contribution in [0.3, 0.4) is 0 Å². The highest BCUT2D eigenvalue weighted by atomic mass is 15.2. The van der Waals surface area contributed by atoms with Gasteiger partial charge in [0.25, 0.3) is 0 Å². The third kappa shape index (κ3) is 2.28. The van der Waals surface area contributed by atoms with E-state index in [1.807, 2.05) is 41.5 Å². The zero-order valence-corrected chi connectivity index (χ0v) is 12.9. The second kappa shape index (κ2) is 5.31. The van der Waals surface area contributed by atoms with Crippen LogP contribution in [0.2, 0.25) is 0 Å². The number of hydrogen-bond acceptors (Lipinski definition) is 4. The van der Waals surface area contributed by atoms with Crippen LogP contribution in [0.15, 0.2) is 49.3 Å². The second-order valence-corrected chi connectivity index (χ2v) is 5.73. The Balaban J connectivity index is 1.87. The predicted octanol–water partition coefficient (Wildman–Crippen LogP) is 3.33. The first kappa shape index (κ1) is 13.6. The number of pyridine rings is 2. The van der Waals surface area contributed by atoms with Gasteiger partial charge in [0.1, 0.15) is 0 Å². The molecule has 4 aromatic heterocycles. The Morgan fingerprint density at radius 3 is 2.83 bits per heavy atom. The summed E-state index contributed by atoms with van der Waals surface area (Å²) in [6.07, 6.45) is 9.16. The number of hydrogen-bond donors (Lipinski definition) is 1. The molecule has 0 aliphatic carbocycles. The molecule has 0 amide bonds. The summed E-state index contributed by atoms with van der Waals surface area (Å²) in [4.78, 5) is 13.0. The van der Waals surface area contributed by atoms with E-state index in [9.17, 15) is 0 Å². The molecule has 114 valence electrons. The van der Waals surface area contributed by atoms with Crippen LogP contribution in [-0.2, 0) is 0 Å².